The maximum Gasteiger partial charge on any atom is 0.0390 e. The number of nitrogens with two attached hydrogens (primary N) is 1. The Morgan fingerprint density at radius 3 is 1.93 bits per heavy atom. The topological polar surface area (TPSA) is 26.0 Å². The van der Waals surface area contributed by atoms with Gasteiger partial charge < -0.3 is 5.73 Å². The van der Waals surface area contributed by atoms with Gasteiger partial charge >= 0.3 is 0 Å². The summed E-state index contributed by atoms with van der Waals surface area (Å²) in [5.41, 5.74) is 8.68. The fourth-order valence-electron chi connectivity index (χ4n) is 0.982. The van der Waals surface area contributed by atoms with Crippen molar-refractivity contribution in [2.45, 2.75) is 34.6 Å². The third-order valence-corrected chi connectivity index (χ3v) is 1.56. The molecule has 1 nitrogen and oxygen atoms in total. The van der Waals surface area contributed by atoms with Crippen LogP contribution in [0.3, 0.4) is 0 Å². The first kappa shape index (κ1) is 15.2. The molecule has 0 heterocycles. The molecule has 1 rings (SSSR count). The van der Waals surface area contributed by atoms with Crippen LogP contribution in [0.25, 0.3) is 6.08 Å². The molecule has 1 heteroatoms. The minimum absolute atomic E-state index is 0.801. The van der Waals surface area contributed by atoms with Crippen LogP contribution in [0.4, 0.5) is 5.69 Å². The highest BCUT2D eigenvalue weighted by atomic mass is 14.6. The van der Waals surface area contributed by atoms with Crippen molar-refractivity contribution in [2.24, 2.45) is 0 Å². The van der Waals surface area contributed by atoms with Crippen molar-refractivity contribution in [2.75, 3.05) is 5.73 Å². The summed E-state index contributed by atoms with van der Waals surface area (Å²) in [5.74, 6) is 0. The molecule has 0 aliphatic rings. The third kappa shape index (κ3) is 4.70. The normalized spacial score (nSPS) is 7.50. The predicted molar refractivity (Wildman–Crippen MR) is 68.4 cm³/mol. The van der Waals surface area contributed by atoms with Crippen molar-refractivity contribution in [3.05, 3.63) is 35.9 Å². The molecule has 0 fully saturated rings. The molecule has 0 atom stereocenters. The summed E-state index contributed by atoms with van der Waals surface area (Å²) in [6.07, 6.45) is 1.78. The Bertz CT molecular complexity index is 231. The molecule has 14 heavy (non-hydrogen) atoms. The summed E-state index contributed by atoms with van der Waals surface area (Å²) in [6.45, 7) is 13.7. The largest absolute Gasteiger partial charge is 0.398 e. The van der Waals surface area contributed by atoms with Crippen LogP contribution < -0.4 is 5.73 Å². The lowest BCUT2D eigenvalue weighted by Gasteiger charge is -2.02. The van der Waals surface area contributed by atoms with Crippen molar-refractivity contribution in [1.29, 1.82) is 0 Å². The first-order chi connectivity index (χ1) is 6.75. The van der Waals surface area contributed by atoms with Gasteiger partial charge in [-0.25, -0.2) is 0 Å². The van der Waals surface area contributed by atoms with E-state index in [9.17, 15) is 0 Å². The van der Waals surface area contributed by atoms with Crippen LogP contribution in [0, 0.1) is 6.92 Å². The molecule has 0 aliphatic heterocycles. The van der Waals surface area contributed by atoms with Gasteiger partial charge in [-0.3, -0.25) is 0 Å². The van der Waals surface area contributed by atoms with Gasteiger partial charge in [0.1, 0.15) is 0 Å². The number of hydrogen-bond donors (Lipinski definition) is 1. The molecule has 0 unspecified atom stereocenters. The minimum Gasteiger partial charge on any atom is -0.398 e. The van der Waals surface area contributed by atoms with Gasteiger partial charge in [-0.2, -0.15) is 0 Å². The second-order valence-electron chi connectivity index (χ2n) is 2.28. The summed E-state index contributed by atoms with van der Waals surface area (Å²) in [7, 11) is 0. The summed E-state index contributed by atoms with van der Waals surface area (Å²) >= 11 is 0. The van der Waals surface area contributed by atoms with Crippen molar-refractivity contribution in [3.63, 3.8) is 0 Å². The molecule has 0 aliphatic carbocycles. The van der Waals surface area contributed by atoms with E-state index in [2.05, 4.69) is 6.58 Å². The van der Waals surface area contributed by atoms with E-state index in [0.717, 1.165) is 11.3 Å². The number of nitrogen functional groups attached to an aromatic ring is 1. The van der Waals surface area contributed by atoms with Crippen LogP contribution in [0.15, 0.2) is 24.8 Å². The lowest BCUT2D eigenvalue weighted by molar-refractivity contribution is 1.45. The average molecular weight is 193 g/mol. The molecule has 0 radical (unpaired) electrons. The second kappa shape index (κ2) is 9.85. The fourth-order valence-corrected chi connectivity index (χ4v) is 0.982. The maximum absolute atomic E-state index is 5.66. The Labute approximate surface area is 88.6 Å². The molecule has 0 amide bonds. The van der Waals surface area contributed by atoms with Gasteiger partial charge in [0.15, 0.2) is 0 Å². The Morgan fingerprint density at radius 2 is 1.64 bits per heavy atom. The maximum atomic E-state index is 5.66. The van der Waals surface area contributed by atoms with E-state index in [1.807, 2.05) is 52.8 Å². The summed E-state index contributed by atoms with van der Waals surface area (Å²) in [6, 6.07) is 5.84. The lowest BCUT2D eigenvalue weighted by Crippen LogP contribution is -1.90. The highest BCUT2D eigenvalue weighted by Crippen LogP contribution is 2.16. The van der Waals surface area contributed by atoms with Crippen LogP contribution in [-0.4, -0.2) is 0 Å². The molecule has 1 aromatic rings. The highest BCUT2D eigenvalue weighted by Gasteiger charge is 1.95. The zero-order valence-corrected chi connectivity index (χ0v) is 10.1. The van der Waals surface area contributed by atoms with Crippen molar-refractivity contribution in [3.8, 4) is 0 Å². The summed E-state index contributed by atoms with van der Waals surface area (Å²) in [4.78, 5) is 0. The Hall–Kier alpha value is -1.24. The first-order valence-corrected chi connectivity index (χ1v) is 5.23. The Kier molecular flexibility index (Phi) is 10.7. The first-order valence-electron chi connectivity index (χ1n) is 5.23. The average Bonchev–Trinajstić information content (AvgIpc) is 2.24. The second-order valence-corrected chi connectivity index (χ2v) is 2.28. The van der Waals surface area contributed by atoms with Crippen LogP contribution in [0.2, 0.25) is 0 Å². The Balaban J connectivity index is 0. The molecule has 0 spiro atoms. The summed E-state index contributed by atoms with van der Waals surface area (Å²) in [5, 5.41) is 0. The quantitative estimate of drug-likeness (QED) is 0.662. The van der Waals surface area contributed by atoms with E-state index in [4.69, 9.17) is 5.73 Å². The van der Waals surface area contributed by atoms with E-state index in [1.54, 1.807) is 6.08 Å². The third-order valence-electron chi connectivity index (χ3n) is 1.56. The fraction of sp³-hybridized carbons (Fsp3) is 0.385. The Morgan fingerprint density at radius 1 is 1.14 bits per heavy atom. The number of benzene rings is 1. The molecule has 2 N–H and O–H groups in total. The zero-order valence-electron chi connectivity index (χ0n) is 10.1. The molecular weight excluding hydrogens is 170 g/mol. The predicted octanol–water partition coefficient (Wildman–Crippen LogP) is 4.27. The smallest absolute Gasteiger partial charge is 0.0390 e. The van der Waals surface area contributed by atoms with Gasteiger partial charge in [0, 0.05) is 5.69 Å². The molecule has 0 saturated heterocycles. The molecule has 80 valence electrons. The number of hydrogen-bond acceptors (Lipinski definition) is 1. The SMILES string of the molecule is C=Cc1c(C)cccc1N.CC.CC. The van der Waals surface area contributed by atoms with E-state index in [1.165, 1.54) is 5.56 Å². The van der Waals surface area contributed by atoms with Gasteiger partial charge in [0.2, 0.25) is 0 Å². The number of aryl methyl sites for hydroxylation is 1. The lowest BCUT2D eigenvalue weighted by atomic mass is 10.1. The van der Waals surface area contributed by atoms with Gasteiger partial charge in [-0.15, -0.1) is 0 Å². The van der Waals surface area contributed by atoms with E-state index >= 15 is 0 Å². The van der Waals surface area contributed by atoms with Crippen LogP contribution in [-0.2, 0) is 0 Å². The van der Waals surface area contributed by atoms with Gasteiger partial charge in [0.05, 0.1) is 0 Å². The van der Waals surface area contributed by atoms with Gasteiger partial charge in [-0.05, 0) is 24.1 Å². The van der Waals surface area contributed by atoms with Crippen LogP contribution in [0.5, 0.6) is 0 Å². The van der Waals surface area contributed by atoms with E-state index < -0.39 is 0 Å². The number of anilines is 1. The van der Waals surface area contributed by atoms with Crippen molar-refractivity contribution < 1.29 is 0 Å². The van der Waals surface area contributed by atoms with Crippen LogP contribution >= 0.6 is 0 Å². The van der Waals surface area contributed by atoms with Crippen molar-refractivity contribution >= 4 is 11.8 Å². The summed E-state index contributed by atoms with van der Waals surface area (Å²) < 4.78 is 0. The highest BCUT2D eigenvalue weighted by molar-refractivity contribution is 5.66. The molecule has 0 aromatic heterocycles. The van der Waals surface area contributed by atoms with E-state index in [-0.39, 0.29) is 0 Å². The molecular formula is C13H23N. The van der Waals surface area contributed by atoms with Gasteiger partial charge in [0.25, 0.3) is 0 Å². The molecule has 0 saturated carbocycles. The monoisotopic (exact) mass is 193 g/mol. The number of rotatable bonds is 1. The van der Waals surface area contributed by atoms with Crippen LogP contribution in [0.1, 0.15) is 38.8 Å². The zero-order chi connectivity index (χ0) is 11.6. The molecule has 0 bridgehead atoms. The van der Waals surface area contributed by atoms with E-state index in [0.29, 0.717) is 0 Å². The van der Waals surface area contributed by atoms with Gasteiger partial charge in [-0.1, -0.05) is 52.5 Å². The standard InChI is InChI=1S/C9H11N.2C2H6/c1-3-8-7(2)5-4-6-9(8)10;2*1-2/h3-6H,1,10H2,2H3;2*1-2H3. The molecule has 1 aromatic carbocycles. The van der Waals surface area contributed by atoms with Crippen molar-refractivity contribution in [1.82, 2.24) is 0 Å². The minimum atomic E-state index is 0.801.